The molecule has 0 aromatic carbocycles. The van der Waals surface area contributed by atoms with Gasteiger partial charge in [0.2, 0.25) is 0 Å². The maximum absolute atomic E-state index is 5.86. The molecular formula is C15H25N3O. The summed E-state index contributed by atoms with van der Waals surface area (Å²) < 4.78 is 5.22. The molecule has 1 aromatic rings. The molecule has 0 bridgehead atoms. The van der Waals surface area contributed by atoms with Crippen LogP contribution in [0.5, 0.6) is 0 Å². The molecule has 1 unspecified atom stereocenters. The first-order valence-corrected chi connectivity index (χ1v) is 7.10. The van der Waals surface area contributed by atoms with Crippen molar-refractivity contribution in [3.05, 3.63) is 23.9 Å². The molecule has 1 aromatic heterocycles. The summed E-state index contributed by atoms with van der Waals surface area (Å²) in [5.74, 6) is 1.84. The van der Waals surface area contributed by atoms with Gasteiger partial charge in [-0.1, -0.05) is 6.07 Å². The van der Waals surface area contributed by atoms with Gasteiger partial charge in [-0.3, -0.25) is 0 Å². The molecule has 106 valence electrons. The lowest BCUT2D eigenvalue weighted by atomic mass is 10.1. The number of hydrogen-bond acceptors (Lipinski definition) is 4. The van der Waals surface area contributed by atoms with Gasteiger partial charge in [0, 0.05) is 31.9 Å². The SMILES string of the molecule is COCCN(c1ccc([C@@H](C)N)cn1)C(C)C1CC1. The first-order valence-electron chi connectivity index (χ1n) is 7.10. The van der Waals surface area contributed by atoms with Crippen LogP contribution in [-0.4, -0.2) is 31.3 Å². The van der Waals surface area contributed by atoms with Gasteiger partial charge in [-0.05, 0) is 44.2 Å². The Bertz CT molecular complexity index is 387. The molecule has 0 saturated heterocycles. The molecule has 2 rings (SSSR count). The number of rotatable bonds is 7. The van der Waals surface area contributed by atoms with Crippen LogP contribution in [0, 0.1) is 5.92 Å². The second-order valence-corrected chi connectivity index (χ2v) is 5.50. The van der Waals surface area contributed by atoms with E-state index in [9.17, 15) is 0 Å². The van der Waals surface area contributed by atoms with Crippen molar-refractivity contribution < 1.29 is 4.74 Å². The van der Waals surface area contributed by atoms with Crippen molar-refractivity contribution in [2.75, 3.05) is 25.2 Å². The van der Waals surface area contributed by atoms with Crippen LogP contribution >= 0.6 is 0 Å². The number of methoxy groups -OCH3 is 1. The van der Waals surface area contributed by atoms with Crippen LogP contribution < -0.4 is 10.6 Å². The lowest BCUT2D eigenvalue weighted by Gasteiger charge is -2.30. The van der Waals surface area contributed by atoms with E-state index in [0.717, 1.165) is 30.5 Å². The van der Waals surface area contributed by atoms with Crippen LogP contribution in [0.2, 0.25) is 0 Å². The quantitative estimate of drug-likeness (QED) is 0.820. The lowest BCUT2D eigenvalue weighted by molar-refractivity contribution is 0.202. The van der Waals surface area contributed by atoms with E-state index in [1.54, 1.807) is 7.11 Å². The van der Waals surface area contributed by atoms with Crippen molar-refractivity contribution in [2.24, 2.45) is 11.7 Å². The maximum atomic E-state index is 5.86. The highest BCUT2D eigenvalue weighted by atomic mass is 16.5. The zero-order valence-corrected chi connectivity index (χ0v) is 12.2. The zero-order valence-electron chi connectivity index (χ0n) is 12.2. The fraction of sp³-hybridized carbons (Fsp3) is 0.667. The Morgan fingerprint density at radius 2 is 2.16 bits per heavy atom. The standard InChI is InChI=1S/C15H25N3O/c1-11(16)14-6-7-15(17-10-14)18(8-9-19-3)12(2)13-4-5-13/h6-7,10-13H,4-5,8-9,16H2,1-3H3/t11-,12?/m1/s1. The molecule has 1 fully saturated rings. The van der Waals surface area contributed by atoms with Crippen LogP contribution in [-0.2, 0) is 4.74 Å². The van der Waals surface area contributed by atoms with Crippen molar-refractivity contribution in [2.45, 2.75) is 38.8 Å². The summed E-state index contributed by atoms with van der Waals surface area (Å²) in [5.41, 5.74) is 6.94. The molecule has 2 N–H and O–H groups in total. The molecule has 4 heteroatoms. The normalized spacial score (nSPS) is 18.1. The summed E-state index contributed by atoms with van der Waals surface area (Å²) >= 11 is 0. The molecule has 0 radical (unpaired) electrons. The van der Waals surface area contributed by atoms with Gasteiger partial charge in [0.25, 0.3) is 0 Å². The van der Waals surface area contributed by atoms with Crippen molar-refractivity contribution in [1.29, 1.82) is 0 Å². The average Bonchev–Trinajstić information content (AvgIpc) is 3.23. The van der Waals surface area contributed by atoms with Crippen LogP contribution in [0.15, 0.2) is 18.3 Å². The molecule has 1 aliphatic rings. The first kappa shape index (κ1) is 14.3. The third-order valence-electron chi connectivity index (χ3n) is 3.92. The highest BCUT2D eigenvalue weighted by Crippen LogP contribution is 2.36. The first-order chi connectivity index (χ1) is 9.13. The van der Waals surface area contributed by atoms with Gasteiger partial charge in [-0.15, -0.1) is 0 Å². The fourth-order valence-corrected chi connectivity index (χ4v) is 2.39. The van der Waals surface area contributed by atoms with E-state index in [4.69, 9.17) is 10.5 Å². The number of ether oxygens (including phenoxy) is 1. The number of hydrogen-bond donors (Lipinski definition) is 1. The summed E-state index contributed by atoms with van der Waals surface area (Å²) in [6.07, 6.45) is 4.56. The fourth-order valence-electron chi connectivity index (χ4n) is 2.39. The highest BCUT2D eigenvalue weighted by Gasteiger charge is 2.32. The summed E-state index contributed by atoms with van der Waals surface area (Å²) in [5, 5.41) is 0. The van der Waals surface area contributed by atoms with E-state index in [0.29, 0.717) is 6.04 Å². The molecule has 1 heterocycles. The predicted octanol–water partition coefficient (Wildman–Crippen LogP) is 2.35. The van der Waals surface area contributed by atoms with E-state index < -0.39 is 0 Å². The molecule has 0 spiro atoms. The van der Waals surface area contributed by atoms with Crippen molar-refractivity contribution >= 4 is 5.82 Å². The molecule has 0 amide bonds. The smallest absolute Gasteiger partial charge is 0.128 e. The number of anilines is 1. The Balaban J connectivity index is 2.11. The number of pyridine rings is 1. The van der Waals surface area contributed by atoms with Gasteiger partial charge in [0.05, 0.1) is 6.61 Å². The van der Waals surface area contributed by atoms with Crippen LogP contribution in [0.3, 0.4) is 0 Å². The van der Waals surface area contributed by atoms with Crippen molar-refractivity contribution in [1.82, 2.24) is 4.98 Å². The van der Waals surface area contributed by atoms with Gasteiger partial charge in [-0.2, -0.15) is 0 Å². The molecule has 19 heavy (non-hydrogen) atoms. The number of aromatic nitrogens is 1. The molecule has 1 saturated carbocycles. The molecule has 1 aliphatic carbocycles. The van der Waals surface area contributed by atoms with E-state index >= 15 is 0 Å². The van der Waals surface area contributed by atoms with Crippen LogP contribution in [0.1, 0.15) is 38.3 Å². The Morgan fingerprint density at radius 1 is 1.42 bits per heavy atom. The lowest BCUT2D eigenvalue weighted by Crippen LogP contribution is -2.37. The molecule has 4 nitrogen and oxygen atoms in total. The van der Waals surface area contributed by atoms with Gasteiger partial charge in [-0.25, -0.2) is 4.98 Å². The third kappa shape index (κ3) is 3.67. The summed E-state index contributed by atoms with van der Waals surface area (Å²) in [4.78, 5) is 6.93. The molecular weight excluding hydrogens is 238 g/mol. The molecule has 0 aliphatic heterocycles. The minimum Gasteiger partial charge on any atom is -0.383 e. The zero-order chi connectivity index (χ0) is 13.8. The summed E-state index contributed by atoms with van der Waals surface area (Å²) in [6, 6.07) is 4.72. The largest absolute Gasteiger partial charge is 0.383 e. The van der Waals surface area contributed by atoms with Crippen molar-refractivity contribution in [3.8, 4) is 0 Å². The minimum atomic E-state index is 0.0369. The van der Waals surface area contributed by atoms with Gasteiger partial charge < -0.3 is 15.4 Å². The van der Waals surface area contributed by atoms with Crippen LogP contribution in [0.25, 0.3) is 0 Å². The summed E-state index contributed by atoms with van der Waals surface area (Å²) in [7, 11) is 1.74. The average molecular weight is 263 g/mol. The van der Waals surface area contributed by atoms with Crippen LogP contribution in [0.4, 0.5) is 5.82 Å². The number of nitrogens with two attached hydrogens (primary N) is 1. The summed E-state index contributed by atoms with van der Waals surface area (Å²) in [6.45, 7) is 5.88. The predicted molar refractivity (Wildman–Crippen MR) is 78.2 cm³/mol. The second kappa shape index (κ2) is 6.35. The van der Waals surface area contributed by atoms with E-state index in [-0.39, 0.29) is 6.04 Å². The monoisotopic (exact) mass is 263 g/mol. The van der Waals surface area contributed by atoms with Gasteiger partial charge >= 0.3 is 0 Å². The Hall–Kier alpha value is -1.13. The van der Waals surface area contributed by atoms with E-state index in [2.05, 4.69) is 28.9 Å². The van der Waals surface area contributed by atoms with Gasteiger partial charge in [0.15, 0.2) is 0 Å². The molecule has 2 atom stereocenters. The number of nitrogens with zero attached hydrogens (tertiary/aromatic N) is 2. The minimum absolute atomic E-state index is 0.0369. The highest BCUT2D eigenvalue weighted by molar-refractivity contribution is 5.41. The van der Waals surface area contributed by atoms with E-state index in [1.165, 1.54) is 12.8 Å². The topological polar surface area (TPSA) is 51.4 Å². The Morgan fingerprint density at radius 3 is 2.63 bits per heavy atom. The van der Waals surface area contributed by atoms with E-state index in [1.807, 2.05) is 13.1 Å². The van der Waals surface area contributed by atoms with Gasteiger partial charge in [0.1, 0.15) is 5.82 Å². The second-order valence-electron chi connectivity index (χ2n) is 5.50. The maximum Gasteiger partial charge on any atom is 0.128 e. The third-order valence-corrected chi connectivity index (χ3v) is 3.92. The Labute approximate surface area is 116 Å². The Kier molecular flexibility index (Phi) is 4.77. The van der Waals surface area contributed by atoms with Crippen molar-refractivity contribution in [3.63, 3.8) is 0 Å².